The SMILES string of the molecule is COc1ccc(CNc2ncc(Br)c3cc(N4CCn5ncnc5C4)nc(Oc4c(C)ccc5c4cnn5C4CCCCO4)c23)c(OC)c1. The Kier molecular flexibility index (Phi) is 8.41. The molecule has 0 spiro atoms. The van der Waals surface area contributed by atoms with Crippen molar-refractivity contribution in [3.8, 4) is 23.1 Å². The van der Waals surface area contributed by atoms with Crippen molar-refractivity contribution in [2.75, 3.05) is 37.6 Å². The highest BCUT2D eigenvalue weighted by molar-refractivity contribution is 9.10. The van der Waals surface area contributed by atoms with Gasteiger partial charge in [-0.15, -0.1) is 0 Å². The topological polar surface area (TPSA) is 126 Å². The molecule has 1 unspecified atom stereocenters. The monoisotopic (exact) mass is 725 g/mol. The molecule has 8 rings (SSSR count). The molecular weight excluding hydrogens is 690 g/mol. The number of nitrogens with one attached hydrogen (secondary N) is 1. The summed E-state index contributed by atoms with van der Waals surface area (Å²) in [5, 5.41) is 15.2. The lowest BCUT2D eigenvalue weighted by Gasteiger charge is -2.28. The third-order valence-corrected chi connectivity index (χ3v) is 9.84. The molecule has 252 valence electrons. The zero-order chi connectivity index (χ0) is 33.5. The molecule has 1 N–H and O–H groups in total. The molecule has 0 aliphatic carbocycles. The van der Waals surface area contributed by atoms with Crippen molar-refractivity contribution >= 4 is 49.2 Å². The number of pyridine rings is 2. The Balaban J connectivity index is 1.24. The first-order valence-electron chi connectivity index (χ1n) is 16.3. The second-order valence-electron chi connectivity index (χ2n) is 12.2. The van der Waals surface area contributed by atoms with Crippen molar-refractivity contribution in [3.63, 3.8) is 0 Å². The Morgan fingerprint density at radius 3 is 2.76 bits per heavy atom. The van der Waals surface area contributed by atoms with Crippen LogP contribution >= 0.6 is 15.9 Å². The Labute approximate surface area is 291 Å². The van der Waals surface area contributed by atoms with E-state index in [1.54, 1.807) is 26.7 Å². The van der Waals surface area contributed by atoms with Gasteiger partial charge in [-0.3, -0.25) is 0 Å². The molecule has 13 nitrogen and oxygen atoms in total. The molecule has 1 saturated heterocycles. The minimum atomic E-state index is -0.101. The highest BCUT2D eigenvalue weighted by Crippen LogP contribution is 2.42. The molecular formula is C35H36BrN9O4. The number of nitrogens with zero attached hydrogens (tertiary/aromatic N) is 8. The Morgan fingerprint density at radius 2 is 1.92 bits per heavy atom. The zero-order valence-corrected chi connectivity index (χ0v) is 29.1. The fourth-order valence-electron chi connectivity index (χ4n) is 6.57. The number of aryl methyl sites for hydroxylation is 1. The van der Waals surface area contributed by atoms with E-state index in [0.29, 0.717) is 42.8 Å². The van der Waals surface area contributed by atoms with Crippen LogP contribution in [0.5, 0.6) is 23.1 Å². The predicted octanol–water partition coefficient (Wildman–Crippen LogP) is 6.78. The minimum absolute atomic E-state index is 0.101. The minimum Gasteiger partial charge on any atom is -0.497 e. The van der Waals surface area contributed by atoms with Crippen molar-refractivity contribution < 1.29 is 18.9 Å². The molecule has 4 aromatic heterocycles. The largest absolute Gasteiger partial charge is 0.497 e. The molecule has 1 atom stereocenters. The second-order valence-corrected chi connectivity index (χ2v) is 13.0. The van der Waals surface area contributed by atoms with Gasteiger partial charge in [-0.05, 0) is 71.9 Å². The van der Waals surface area contributed by atoms with Gasteiger partial charge in [0.2, 0.25) is 5.88 Å². The molecule has 2 aromatic carbocycles. The van der Waals surface area contributed by atoms with E-state index in [-0.39, 0.29) is 6.23 Å². The van der Waals surface area contributed by atoms with Gasteiger partial charge in [0.15, 0.2) is 6.23 Å². The highest BCUT2D eigenvalue weighted by atomic mass is 79.9. The van der Waals surface area contributed by atoms with Crippen LogP contribution in [-0.4, -0.2) is 61.9 Å². The Morgan fingerprint density at radius 1 is 1.00 bits per heavy atom. The second kappa shape index (κ2) is 13.2. The first kappa shape index (κ1) is 31.3. The Bertz CT molecular complexity index is 2160. The number of hydrogen-bond donors (Lipinski definition) is 1. The lowest BCUT2D eigenvalue weighted by atomic mass is 10.1. The number of halogens is 1. The van der Waals surface area contributed by atoms with Gasteiger partial charge < -0.3 is 29.2 Å². The molecule has 2 aliphatic rings. The predicted molar refractivity (Wildman–Crippen MR) is 189 cm³/mol. The van der Waals surface area contributed by atoms with Crippen LogP contribution in [0.1, 0.15) is 42.4 Å². The maximum Gasteiger partial charge on any atom is 0.232 e. The fraction of sp³-hybridized carbons (Fsp3) is 0.343. The van der Waals surface area contributed by atoms with Crippen molar-refractivity contribution in [1.82, 2.24) is 34.5 Å². The van der Waals surface area contributed by atoms with Gasteiger partial charge in [-0.1, -0.05) is 6.07 Å². The first-order chi connectivity index (χ1) is 24.0. The maximum atomic E-state index is 6.94. The number of rotatable bonds is 9. The van der Waals surface area contributed by atoms with Crippen LogP contribution in [0, 0.1) is 6.92 Å². The van der Waals surface area contributed by atoms with E-state index < -0.39 is 0 Å². The summed E-state index contributed by atoms with van der Waals surface area (Å²) in [5.74, 6) is 4.82. The molecule has 14 heteroatoms. The van der Waals surface area contributed by atoms with E-state index >= 15 is 0 Å². The van der Waals surface area contributed by atoms with Crippen molar-refractivity contribution in [3.05, 3.63) is 76.5 Å². The summed E-state index contributed by atoms with van der Waals surface area (Å²) in [4.78, 5) is 16.7. The van der Waals surface area contributed by atoms with Gasteiger partial charge >= 0.3 is 0 Å². The number of methoxy groups -OCH3 is 2. The summed E-state index contributed by atoms with van der Waals surface area (Å²) < 4.78 is 28.8. The summed E-state index contributed by atoms with van der Waals surface area (Å²) in [5.41, 5.74) is 2.86. The molecule has 6 aromatic rings. The van der Waals surface area contributed by atoms with Crippen LogP contribution in [0.15, 0.2) is 59.6 Å². The summed E-state index contributed by atoms with van der Waals surface area (Å²) in [7, 11) is 3.29. The zero-order valence-electron chi connectivity index (χ0n) is 27.5. The van der Waals surface area contributed by atoms with Gasteiger partial charge in [0, 0.05) is 47.4 Å². The normalized spacial score (nSPS) is 16.2. The first-order valence-corrected chi connectivity index (χ1v) is 17.1. The third-order valence-electron chi connectivity index (χ3n) is 9.20. The van der Waals surface area contributed by atoms with E-state index in [1.165, 1.54) is 0 Å². The molecule has 1 fully saturated rings. The Hall–Kier alpha value is -4.95. The van der Waals surface area contributed by atoms with E-state index in [2.05, 4.69) is 54.4 Å². The molecule has 0 radical (unpaired) electrons. The van der Waals surface area contributed by atoms with Crippen molar-refractivity contribution in [2.24, 2.45) is 0 Å². The number of benzene rings is 2. The van der Waals surface area contributed by atoms with Crippen LogP contribution in [0.4, 0.5) is 11.6 Å². The van der Waals surface area contributed by atoms with Crippen molar-refractivity contribution in [2.45, 2.75) is 52.0 Å². The van der Waals surface area contributed by atoms with Gasteiger partial charge in [0.1, 0.15) is 41.0 Å². The van der Waals surface area contributed by atoms with Crippen LogP contribution in [0.2, 0.25) is 0 Å². The van der Waals surface area contributed by atoms with E-state index in [4.69, 9.17) is 34.0 Å². The summed E-state index contributed by atoms with van der Waals surface area (Å²) >= 11 is 3.79. The molecule has 0 bridgehead atoms. The molecule has 6 heterocycles. The quantitative estimate of drug-likeness (QED) is 0.169. The average molecular weight is 727 g/mol. The molecule has 2 aliphatic heterocycles. The van der Waals surface area contributed by atoms with Crippen molar-refractivity contribution in [1.29, 1.82) is 0 Å². The number of hydrogen-bond acceptors (Lipinski definition) is 11. The maximum absolute atomic E-state index is 6.94. The standard InChI is InChI=1S/C35H36BrN9O4/c1-21-7-10-27-25(17-40-45(27)31-6-4-5-13-48-31)33(21)49-35-32-24(15-29(42-35)43-11-12-44-30(19-43)39-20-41-44)26(36)18-38-34(32)37-16-22-8-9-23(46-2)14-28(22)47-3/h7-10,14-15,17-18,20,31H,4-6,11-13,16,19H2,1-3H3,(H,37,38). The molecule has 49 heavy (non-hydrogen) atoms. The third kappa shape index (κ3) is 5.88. The summed E-state index contributed by atoms with van der Waals surface area (Å²) in [6.45, 7) is 5.23. The van der Waals surface area contributed by atoms with Gasteiger partial charge in [0.05, 0.1) is 49.8 Å². The van der Waals surface area contributed by atoms with E-state index in [1.807, 2.05) is 40.7 Å². The number of aromatic nitrogens is 7. The molecule has 0 amide bonds. The average Bonchev–Trinajstić information content (AvgIpc) is 3.80. The molecule has 0 saturated carbocycles. The summed E-state index contributed by atoms with van der Waals surface area (Å²) in [6.07, 6.45) is 8.26. The van der Waals surface area contributed by atoms with Crippen LogP contribution < -0.4 is 24.4 Å². The van der Waals surface area contributed by atoms with E-state index in [0.717, 1.165) is 87.1 Å². The number of fused-ring (bicyclic) bond motifs is 3. The highest BCUT2D eigenvalue weighted by Gasteiger charge is 2.25. The van der Waals surface area contributed by atoms with Gasteiger partial charge in [-0.2, -0.15) is 15.2 Å². The lowest BCUT2D eigenvalue weighted by molar-refractivity contribution is -0.0366. The summed E-state index contributed by atoms with van der Waals surface area (Å²) in [6, 6.07) is 12.0. The number of ether oxygens (including phenoxy) is 4. The van der Waals surface area contributed by atoms with Crippen LogP contribution in [-0.2, 0) is 24.4 Å². The van der Waals surface area contributed by atoms with E-state index in [9.17, 15) is 0 Å². The number of anilines is 2. The van der Waals surface area contributed by atoms with Gasteiger partial charge in [-0.25, -0.2) is 19.3 Å². The van der Waals surface area contributed by atoms with Gasteiger partial charge in [0.25, 0.3) is 0 Å². The smallest absolute Gasteiger partial charge is 0.232 e. The lowest BCUT2D eigenvalue weighted by Crippen LogP contribution is -2.34. The fourth-order valence-corrected chi connectivity index (χ4v) is 6.98. The van der Waals surface area contributed by atoms with Crippen LogP contribution in [0.25, 0.3) is 21.7 Å². The van der Waals surface area contributed by atoms with Crippen LogP contribution in [0.3, 0.4) is 0 Å².